The third kappa shape index (κ3) is 4.24. The molecule has 0 atom stereocenters. The molecule has 1 aromatic carbocycles. The van der Waals surface area contributed by atoms with E-state index < -0.39 is 0 Å². The van der Waals surface area contributed by atoms with E-state index in [2.05, 4.69) is 10.3 Å². The first kappa shape index (κ1) is 15.8. The van der Waals surface area contributed by atoms with E-state index in [0.717, 1.165) is 16.3 Å². The minimum Gasteiger partial charge on any atom is -0.460 e. The van der Waals surface area contributed by atoms with Crippen LogP contribution in [0.4, 0.5) is 5.13 Å². The van der Waals surface area contributed by atoms with Gasteiger partial charge in [-0.25, -0.2) is 4.98 Å². The topological polar surface area (TPSA) is 55.1 Å². The van der Waals surface area contributed by atoms with Crippen LogP contribution in [0.1, 0.15) is 11.3 Å². The molecular weight excluding hydrogens is 328 g/mol. The van der Waals surface area contributed by atoms with Crippen molar-refractivity contribution in [1.29, 1.82) is 0 Å². The minimum absolute atomic E-state index is 0.0629. The average molecular weight is 344 g/mol. The van der Waals surface area contributed by atoms with Crippen molar-refractivity contribution in [2.45, 2.75) is 18.7 Å². The van der Waals surface area contributed by atoms with Crippen LogP contribution in [-0.4, -0.2) is 16.6 Å². The number of hydrogen-bond donors (Lipinski definition) is 1. The van der Waals surface area contributed by atoms with Crippen molar-refractivity contribution < 1.29 is 9.21 Å². The molecule has 118 valence electrons. The Labute approximate surface area is 142 Å². The van der Waals surface area contributed by atoms with Crippen LogP contribution in [-0.2, 0) is 4.79 Å². The first-order valence-corrected chi connectivity index (χ1v) is 8.98. The molecule has 3 aromatic rings. The second-order valence-corrected chi connectivity index (χ2v) is 7.00. The molecule has 0 saturated carbocycles. The number of aromatic nitrogens is 1. The largest absolute Gasteiger partial charge is 0.460 e. The Morgan fingerprint density at radius 3 is 2.70 bits per heavy atom. The molecule has 0 bridgehead atoms. The fourth-order valence-electron chi connectivity index (χ4n) is 1.96. The van der Waals surface area contributed by atoms with Crippen LogP contribution >= 0.6 is 23.1 Å². The van der Waals surface area contributed by atoms with Gasteiger partial charge < -0.3 is 9.73 Å². The number of carbonyl (C=O) groups excluding carboxylic acids is 1. The molecule has 6 heteroatoms. The number of benzene rings is 1. The number of hydrogen-bond acceptors (Lipinski definition) is 5. The number of furan rings is 1. The Morgan fingerprint density at radius 2 is 2.00 bits per heavy atom. The number of nitrogens with zero attached hydrogens (tertiary/aromatic N) is 1. The Morgan fingerprint density at radius 1 is 1.22 bits per heavy atom. The highest BCUT2D eigenvalue weighted by molar-refractivity contribution is 8.00. The van der Waals surface area contributed by atoms with Crippen LogP contribution < -0.4 is 5.32 Å². The van der Waals surface area contributed by atoms with Gasteiger partial charge in [-0.15, -0.1) is 23.1 Å². The lowest BCUT2D eigenvalue weighted by atomic mass is 10.2. The van der Waals surface area contributed by atoms with E-state index in [1.807, 2.05) is 55.6 Å². The molecule has 0 radical (unpaired) electrons. The monoisotopic (exact) mass is 344 g/mol. The van der Waals surface area contributed by atoms with Gasteiger partial charge in [-0.05, 0) is 38.1 Å². The van der Waals surface area contributed by atoms with E-state index in [0.29, 0.717) is 16.6 Å². The van der Waals surface area contributed by atoms with E-state index in [1.54, 1.807) is 0 Å². The Balaban J connectivity index is 1.56. The van der Waals surface area contributed by atoms with Crippen molar-refractivity contribution in [1.82, 2.24) is 4.98 Å². The lowest BCUT2D eigenvalue weighted by Gasteiger charge is -2.02. The van der Waals surface area contributed by atoms with Crippen molar-refractivity contribution in [2.75, 3.05) is 11.1 Å². The predicted molar refractivity (Wildman–Crippen MR) is 95.1 cm³/mol. The summed E-state index contributed by atoms with van der Waals surface area (Å²) in [5, 5.41) is 5.29. The van der Waals surface area contributed by atoms with Gasteiger partial charge in [0.15, 0.2) is 10.9 Å². The first-order chi connectivity index (χ1) is 11.1. The maximum absolute atomic E-state index is 12.0. The van der Waals surface area contributed by atoms with Gasteiger partial charge in [0.05, 0.1) is 5.75 Å². The highest BCUT2D eigenvalue weighted by Crippen LogP contribution is 2.26. The van der Waals surface area contributed by atoms with Gasteiger partial charge in [-0.2, -0.15) is 0 Å². The molecule has 0 spiro atoms. The summed E-state index contributed by atoms with van der Waals surface area (Å²) in [6.07, 6.45) is 0. The SMILES string of the molecule is Cc1ccc(SCC(=O)Nc2nc(-c3ccc(C)o3)cs2)cc1. The van der Waals surface area contributed by atoms with Crippen molar-refractivity contribution >= 4 is 34.1 Å². The molecule has 1 N–H and O–H groups in total. The molecule has 0 unspecified atom stereocenters. The summed E-state index contributed by atoms with van der Waals surface area (Å²) in [5.41, 5.74) is 1.95. The number of thiazole rings is 1. The van der Waals surface area contributed by atoms with Gasteiger partial charge >= 0.3 is 0 Å². The zero-order valence-corrected chi connectivity index (χ0v) is 14.5. The zero-order valence-electron chi connectivity index (χ0n) is 12.8. The maximum Gasteiger partial charge on any atom is 0.236 e. The number of carbonyl (C=O) groups is 1. The fourth-order valence-corrected chi connectivity index (χ4v) is 3.37. The molecule has 0 aliphatic carbocycles. The molecule has 2 heterocycles. The Kier molecular flexibility index (Phi) is 4.83. The number of rotatable bonds is 5. The summed E-state index contributed by atoms with van der Waals surface area (Å²) >= 11 is 2.90. The molecule has 4 nitrogen and oxygen atoms in total. The summed E-state index contributed by atoms with van der Waals surface area (Å²) in [6.45, 7) is 3.93. The molecule has 3 rings (SSSR count). The quantitative estimate of drug-likeness (QED) is 0.679. The van der Waals surface area contributed by atoms with E-state index >= 15 is 0 Å². The van der Waals surface area contributed by atoms with Crippen molar-refractivity contribution in [3.63, 3.8) is 0 Å². The average Bonchev–Trinajstić information content (AvgIpc) is 3.16. The molecular formula is C17H16N2O2S2. The second-order valence-electron chi connectivity index (χ2n) is 5.10. The van der Waals surface area contributed by atoms with Crippen LogP contribution in [0.3, 0.4) is 0 Å². The van der Waals surface area contributed by atoms with Crippen LogP contribution in [0.15, 0.2) is 51.1 Å². The van der Waals surface area contributed by atoms with Crippen molar-refractivity contribution in [3.8, 4) is 11.5 Å². The van der Waals surface area contributed by atoms with E-state index in [9.17, 15) is 4.79 Å². The highest BCUT2D eigenvalue weighted by atomic mass is 32.2. The van der Waals surface area contributed by atoms with Gasteiger partial charge in [0.25, 0.3) is 0 Å². The van der Waals surface area contributed by atoms with E-state index in [1.165, 1.54) is 28.7 Å². The zero-order chi connectivity index (χ0) is 16.2. The predicted octanol–water partition coefficient (Wildman–Crippen LogP) is 4.75. The number of aryl methyl sites for hydroxylation is 2. The fraction of sp³-hybridized carbons (Fsp3) is 0.176. The van der Waals surface area contributed by atoms with Gasteiger partial charge in [-0.1, -0.05) is 17.7 Å². The Bertz CT molecular complexity index is 806. The minimum atomic E-state index is -0.0629. The number of thioether (sulfide) groups is 1. The van der Waals surface area contributed by atoms with Gasteiger partial charge in [0.2, 0.25) is 5.91 Å². The maximum atomic E-state index is 12.0. The summed E-state index contributed by atoms with van der Waals surface area (Å²) in [4.78, 5) is 17.5. The summed E-state index contributed by atoms with van der Waals surface area (Å²) in [5.74, 6) is 1.85. The third-order valence-corrected chi connectivity index (χ3v) is 4.90. The summed E-state index contributed by atoms with van der Waals surface area (Å²) < 4.78 is 5.53. The number of amides is 1. The molecule has 1 amide bonds. The van der Waals surface area contributed by atoms with Crippen LogP contribution in [0.2, 0.25) is 0 Å². The van der Waals surface area contributed by atoms with Gasteiger partial charge in [0.1, 0.15) is 11.5 Å². The summed E-state index contributed by atoms with van der Waals surface area (Å²) in [6, 6.07) is 11.9. The van der Waals surface area contributed by atoms with E-state index in [4.69, 9.17) is 4.42 Å². The normalized spacial score (nSPS) is 10.7. The van der Waals surface area contributed by atoms with Crippen LogP contribution in [0.5, 0.6) is 0 Å². The molecule has 23 heavy (non-hydrogen) atoms. The summed E-state index contributed by atoms with van der Waals surface area (Å²) in [7, 11) is 0. The van der Waals surface area contributed by atoms with Crippen molar-refractivity contribution in [2.24, 2.45) is 0 Å². The standard InChI is InChI=1S/C17H16N2O2S2/c1-11-3-6-13(7-4-11)22-10-16(20)19-17-18-14(9-23-17)15-8-5-12(2)21-15/h3-9H,10H2,1-2H3,(H,18,19,20). The smallest absolute Gasteiger partial charge is 0.236 e. The highest BCUT2D eigenvalue weighted by Gasteiger charge is 2.10. The lowest BCUT2D eigenvalue weighted by molar-refractivity contribution is -0.113. The Hall–Kier alpha value is -2.05. The van der Waals surface area contributed by atoms with Crippen LogP contribution in [0.25, 0.3) is 11.5 Å². The van der Waals surface area contributed by atoms with Gasteiger partial charge in [0, 0.05) is 10.3 Å². The van der Waals surface area contributed by atoms with Crippen LogP contribution in [0, 0.1) is 13.8 Å². The molecule has 2 aromatic heterocycles. The third-order valence-electron chi connectivity index (χ3n) is 3.13. The number of anilines is 1. The lowest BCUT2D eigenvalue weighted by Crippen LogP contribution is -2.13. The first-order valence-electron chi connectivity index (χ1n) is 7.12. The molecule has 0 saturated heterocycles. The number of nitrogens with one attached hydrogen (secondary N) is 1. The van der Waals surface area contributed by atoms with E-state index in [-0.39, 0.29) is 5.91 Å². The van der Waals surface area contributed by atoms with Gasteiger partial charge in [-0.3, -0.25) is 4.79 Å². The van der Waals surface area contributed by atoms with Crippen molar-refractivity contribution in [3.05, 3.63) is 53.1 Å². The molecule has 0 aliphatic rings. The molecule has 0 fully saturated rings. The second kappa shape index (κ2) is 7.02. The molecule has 0 aliphatic heterocycles.